The van der Waals surface area contributed by atoms with Crippen LogP contribution in [-0.4, -0.2) is 77.3 Å². The van der Waals surface area contributed by atoms with Crippen LogP contribution in [0.2, 0.25) is 0 Å². The molecule has 0 unspecified atom stereocenters. The molecule has 0 radical (unpaired) electrons. The van der Waals surface area contributed by atoms with Gasteiger partial charge in [0.2, 0.25) is 0 Å². The first-order valence-electron chi connectivity index (χ1n) is 13.3. The van der Waals surface area contributed by atoms with E-state index in [9.17, 15) is 0 Å². The van der Waals surface area contributed by atoms with Crippen molar-refractivity contribution in [1.29, 1.82) is 0 Å². The molecule has 5 rings (SSSR count). The molecule has 1 aliphatic rings. The van der Waals surface area contributed by atoms with Crippen LogP contribution < -0.4 is 10.9 Å². The number of fused-ring (bicyclic) bond motifs is 2. The van der Waals surface area contributed by atoms with Crippen LogP contribution in [-0.2, 0) is 9.31 Å². The fourth-order valence-corrected chi connectivity index (χ4v) is 3.91. The molecule has 3 heterocycles. The number of aliphatic hydroxyl groups is 2. The Morgan fingerprint density at radius 3 is 1.62 bits per heavy atom. The summed E-state index contributed by atoms with van der Waals surface area (Å²) in [6.45, 7) is 18.5. The number of aryl methyl sites for hydroxylation is 2. The molecule has 2 aromatic carbocycles. The normalized spacial score (nSPS) is 16.4. The van der Waals surface area contributed by atoms with Crippen molar-refractivity contribution in [2.75, 3.05) is 0 Å². The molecular weight excluding hydrogens is 510 g/mol. The second kappa shape index (κ2) is 11.3. The zero-order chi connectivity index (χ0) is 30.3. The van der Waals surface area contributed by atoms with E-state index in [1.165, 1.54) is 0 Å². The van der Waals surface area contributed by atoms with E-state index in [-0.39, 0.29) is 18.3 Å². The summed E-state index contributed by atoms with van der Waals surface area (Å²) < 4.78 is 12.3. The first-order valence-corrected chi connectivity index (χ1v) is 13.3. The van der Waals surface area contributed by atoms with Crippen molar-refractivity contribution in [1.82, 2.24) is 20.4 Å². The topological polar surface area (TPSA) is 157 Å². The highest BCUT2D eigenvalue weighted by Gasteiger charge is 2.52. The van der Waals surface area contributed by atoms with E-state index in [1.54, 1.807) is 33.9 Å². The van der Waals surface area contributed by atoms with Crippen molar-refractivity contribution in [2.24, 2.45) is 0 Å². The van der Waals surface area contributed by atoms with E-state index in [2.05, 4.69) is 61.1 Å². The van der Waals surface area contributed by atoms with Crippen LogP contribution in [0, 0.1) is 13.8 Å². The molecule has 0 aliphatic carbocycles. The fraction of sp³-hybridized carbons (Fsp3) is 0.500. The van der Waals surface area contributed by atoms with Gasteiger partial charge in [-0.05, 0) is 92.3 Å². The lowest BCUT2D eigenvalue weighted by atomic mass is 9.74. The van der Waals surface area contributed by atoms with Gasteiger partial charge in [-0.3, -0.25) is 10.2 Å². The van der Waals surface area contributed by atoms with Crippen LogP contribution in [0.15, 0.2) is 36.7 Å². The second-order valence-corrected chi connectivity index (χ2v) is 12.3. The minimum absolute atomic E-state index is 0.323. The largest absolute Gasteiger partial charge is 0.495 e. The zero-order valence-electron chi connectivity index (χ0n) is 25.1. The quantitative estimate of drug-likeness (QED) is 0.212. The summed E-state index contributed by atoms with van der Waals surface area (Å²) in [5.41, 5.74) is 2.77. The predicted molar refractivity (Wildman–Crippen MR) is 160 cm³/mol. The van der Waals surface area contributed by atoms with Crippen molar-refractivity contribution in [2.45, 2.75) is 91.6 Å². The van der Waals surface area contributed by atoms with E-state index in [0.29, 0.717) is 5.46 Å². The Bertz CT molecular complexity index is 1420. The molecule has 10 nitrogen and oxygen atoms in total. The van der Waals surface area contributed by atoms with Gasteiger partial charge in [0.1, 0.15) is 0 Å². The summed E-state index contributed by atoms with van der Waals surface area (Å²) in [6, 6.07) is 7.80. The van der Waals surface area contributed by atoms with Gasteiger partial charge >= 0.3 is 14.2 Å². The first kappa shape index (κ1) is 31.8. The number of nitrogens with one attached hydrogen (secondary N) is 2. The molecule has 0 spiro atoms. The average Bonchev–Trinajstić information content (AvgIpc) is 3.50. The standard InChI is InChI=1S/C14H19BN2O2.C8H9BN2O2.C6H14O2/c1-9-6-7-11-10(8-16-17-11)12(9)15-18-13(2,3)14(4,5)19-15;1-5-2-3-7-6(4-10-11-7)8(5)9(12)13;1-5(2,7)6(3,4)8/h6-8H,1-5H3,(H,16,17);2-4,12-13H,1H3,(H,10,11);7-8H,1-4H3. The Morgan fingerprint density at radius 1 is 0.750 bits per heavy atom. The van der Waals surface area contributed by atoms with Crippen LogP contribution >= 0.6 is 0 Å². The molecule has 1 saturated heterocycles. The lowest BCUT2D eigenvalue weighted by Gasteiger charge is -2.32. The molecule has 1 aliphatic heterocycles. The maximum Gasteiger partial charge on any atom is 0.495 e. The molecule has 1 fully saturated rings. The molecule has 2 aromatic heterocycles. The fourth-order valence-electron chi connectivity index (χ4n) is 3.91. The third kappa shape index (κ3) is 6.59. The molecule has 4 aromatic rings. The summed E-state index contributed by atoms with van der Waals surface area (Å²) in [5, 5.41) is 52.0. The molecular formula is C28H42B2N4O6. The van der Waals surface area contributed by atoms with Gasteiger partial charge in [0.15, 0.2) is 0 Å². The first-order chi connectivity index (χ1) is 18.3. The van der Waals surface area contributed by atoms with Gasteiger partial charge < -0.3 is 29.6 Å². The lowest BCUT2D eigenvalue weighted by Crippen LogP contribution is -2.44. The van der Waals surface area contributed by atoms with Crippen molar-refractivity contribution in [3.8, 4) is 0 Å². The van der Waals surface area contributed by atoms with Gasteiger partial charge in [0, 0.05) is 10.8 Å². The number of hydrogen-bond acceptors (Lipinski definition) is 8. The second-order valence-electron chi connectivity index (χ2n) is 12.3. The minimum atomic E-state index is -1.44. The van der Waals surface area contributed by atoms with E-state index < -0.39 is 18.3 Å². The van der Waals surface area contributed by atoms with Crippen molar-refractivity contribution < 1.29 is 29.6 Å². The third-order valence-electron chi connectivity index (χ3n) is 8.01. The van der Waals surface area contributed by atoms with Crippen LogP contribution in [0.4, 0.5) is 0 Å². The van der Waals surface area contributed by atoms with Crippen molar-refractivity contribution in [3.05, 3.63) is 47.8 Å². The Labute approximate surface area is 236 Å². The highest BCUT2D eigenvalue weighted by molar-refractivity contribution is 6.65. The molecule has 0 saturated carbocycles. The number of H-pyrrole nitrogens is 2. The Morgan fingerprint density at radius 2 is 1.18 bits per heavy atom. The van der Waals surface area contributed by atoms with Gasteiger partial charge in [0.05, 0.1) is 45.8 Å². The monoisotopic (exact) mass is 552 g/mol. The van der Waals surface area contributed by atoms with Gasteiger partial charge in [-0.15, -0.1) is 0 Å². The average molecular weight is 552 g/mol. The van der Waals surface area contributed by atoms with Crippen LogP contribution in [0.1, 0.15) is 66.5 Å². The van der Waals surface area contributed by atoms with Crippen LogP contribution in [0.5, 0.6) is 0 Å². The smallest absolute Gasteiger partial charge is 0.423 e. The van der Waals surface area contributed by atoms with Gasteiger partial charge in [-0.2, -0.15) is 10.2 Å². The van der Waals surface area contributed by atoms with E-state index in [1.807, 2.05) is 31.3 Å². The summed E-state index contributed by atoms with van der Waals surface area (Å²) in [7, 11) is -1.78. The lowest BCUT2D eigenvalue weighted by molar-refractivity contribution is -0.107. The molecule has 40 heavy (non-hydrogen) atoms. The molecule has 12 heteroatoms. The highest BCUT2D eigenvalue weighted by atomic mass is 16.7. The molecule has 216 valence electrons. The number of benzene rings is 2. The minimum Gasteiger partial charge on any atom is -0.423 e. The summed E-state index contributed by atoms with van der Waals surface area (Å²) >= 11 is 0. The SMILES string of the molecule is CC(C)(O)C(C)(C)O.Cc1ccc2[nH]ncc2c1B(O)O.Cc1ccc2[nH]ncc2c1B1OC(C)(C)C(C)(C)O1. The number of nitrogens with zero attached hydrogens (tertiary/aromatic N) is 2. The Hall–Kier alpha value is -2.73. The number of rotatable bonds is 3. The van der Waals surface area contributed by atoms with Crippen molar-refractivity contribution in [3.63, 3.8) is 0 Å². The van der Waals surface area contributed by atoms with Gasteiger partial charge in [0.25, 0.3) is 0 Å². The van der Waals surface area contributed by atoms with E-state index in [4.69, 9.17) is 29.6 Å². The molecule has 0 bridgehead atoms. The zero-order valence-corrected chi connectivity index (χ0v) is 25.1. The number of aromatic nitrogens is 4. The third-order valence-corrected chi connectivity index (χ3v) is 8.01. The maximum absolute atomic E-state index is 9.13. The van der Waals surface area contributed by atoms with Gasteiger partial charge in [-0.1, -0.05) is 23.3 Å². The summed E-state index contributed by atoms with van der Waals surface area (Å²) in [4.78, 5) is 0. The van der Waals surface area contributed by atoms with Crippen LogP contribution in [0.3, 0.4) is 0 Å². The molecule has 0 amide bonds. The molecule has 6 N–H and O–H groups in total. The highest BCUT2D eigenvalue weighted by Crippen LogP contribution is 2.37. The summed E-state index contributed by atoms with van der Waals surface area (Å²) in [5.74, 6) is 0. The maximum atomic E-state index is 9.13. The van der Waals surface area contributed by atoms with Crippen molar-refractivity contribution >= 4 is 47.0 Å². The molecule has 0 atom stereocenters. The Balaban J connectivity index is 0.000000182. The predicted octanol–water partition coefficient (Wildman–Crippen LogP) is 2.25. The number of hydrogen-bond donors (Lipinski definition) is 6. The van der Waals surface area contributed by atoms with E-state index in [0.717, 1.165) is 38.4 Å². The number of aromatic amines is 2. The van der Waals surface area contributed by atoms with E-state index >= 15 is 0 Å². The Kier molecular flexibility index (Phi) is 8.96. The van der Waals surface area contributed by atoms with Gasteiger partial charge in [-0.25, -0.2) is 0 Å². The van der Waals surface area contributed by atoms with Crippen LogP contribution in [0.25, 0.3) is 21.8 Å². The summed E-state index contributed by atoms with van der Waals surface area (Å²) in [6.07, 6.45) is 3.43.